The summed E-state index contributed by atoms with van der Waals surface area (Å²) in [6.07, 6.45) is 0.452. The summed E-state index contributed by atoms with van der Waals surface area (Å²) in [5.74, 6) is 0.0622. The first-order valence-corrected chi connectivity index (χ1v) is 11.7. The maximum atomic E-state index is 13.2. The second-order valence-electron chi connectivity index (χ2n) is 9.51. The van der Waals surface area contributed by atoms with Gasteiger partial charge in [0, 0.05) is 57.1 Å². The molecule has 0 aliphatic carbocycles. The van der Waals surface area contributed by atoms with Crippen molar-refractivity contribution in [3.05, 3.63) is 33.9 Å². The molecule has 3 heterocycles. The lowest BCUT2D eigenvalue weighted by Crippen LogP contribution is -2.62. The van der Waals surface area contributed by atoms with Crippen molar-refractivity contribution in [2.24, 2.45) is 11.8 Å². The molecule has 3 aliphatic rings. The van der Waals surface area contributed by atoms with Crippen LogP contribution in [0.15, 0.2) is 18.2 Å². The van der Waals surface area contributed by atoms with Crippen LogP contribution in [-0.2, 0) is 20.7 Å². The Hall–Kier alpha value is -2.72. The molecule has 10 heteroatoms. The number of hydrogen-bond donors (Lipinski definition) is 1. The van der Waals surface area contributed by atoms with Crippen molar-refractivity contribution in [1.29, 1.82) is 0 Å². The first-order valence-electron chi connectivity index (χ1n) is 11.7. The number of amides is 2. The molecule has 2 fully saturated rings. The van der Waals surface area contributed by atoms with Crippen LogP contribution in [0.2, 0.25) is 0 Å². The van der Waals surface area contributed by atoms with Crippen molar-refractivity contribution >= 4 is 23.2 Å². The molecule has 0 bridgehead atoms. The minimum Gasteiger partial charge on any atom is -0.378 e. The van der Waals surface area contributed by atoms with Crippen LogP contribution in [0.25, 0.3) is 0 Å². The number of carbonyl (C=O) groups excluding carboxylic acids is 2. The predicted molar refractivity (Wildman–Crippen MR) is 123 cm³/mol. The molecule has 3 aliphatic heterocycles. The Morgan fingerprint density at radius 1 is 1.21 bits per heavy atom. The zero-order valence-electron chi connectivity index (χ0n) is 19.4. The first-order chi connectivity index (χ1) is 15.8. The molecule has 180 valence electrons. The van der Waals surface area contributed by atoms with Crippen LogP contribution in [0.4, 0.5) is 11.4 Å². The summed E-state index contributed by atoms with van der Waals surface area (Å²) in [4.78, 5) is 43.1. The Morgan fingerprint density at radius 3 is 2.67 bits per heavy atom. The van der Waals surface area contributed by atoms with Gasteiger partial charge in [0.2, 0.25) is 11.8 Å². The van der Waals surface area contributed by atoms with E-state index in [1.165, 1.54) is 6.07 Å². The Labute approximate surface area is 194 Å². The highest BCUT2D eigenvalue weighted by Gasteiger charge is 2.42. The van der Waals surface area contributed by atoms with Gasteiger partial charge in [0.1, 0.15) is 0 Å². The maximum absolute atomic E-state index is 13.2. The molecule has 0 spiro atoms. The highest BCUT2D eigenvalue weighted by molar-refractivity contribution is 5.82. The summed E-state index contributed by atoms with van der Waals surface area (Å²) in [6.45, 7) is 9.36. The Bertz CT molecular complexity index is 901. The minimum absolute atomic E-state index is 0.0304. The number of fused-ring (bicyclic) bond motifs is 3. The smallest absolute Gasteiger partial charge is 0.269 e. The lowest BCUT2D eigenvalue weighted by molar-refractivity contribution is -0.384. The fourth-order valence-corrected chi connectivity index (χ4v) is 4.97. The van der Waals surface area contributed by atoms with Crippen molar-refractivity contribution in [3.8, 4) is 0 Å². The number of hydrogen-bond acceptors (Lipinski definition) is 7. The summed E-state index contributed by atoms with van der Waals surface area (Å²) in [5.41, 5.74) is 1.84. The number of rotatable bonds is 6. The van der Waals surface area contributed by atoms with Gasteiger partial charge in [-0.2, -0.15) is 0 Å². The number of piperazine rings is 1. The van der Waals surface area contributed by atoms with E-state index in [-0.39, 0.29) is 29.5 Å². The zero-order valence-corrected chi connectivity index (χ0v) is 19.4. The van der Waals surface area contributed by atoms with Gasteiger partial charge in [0.15, 0.2) is 0 Å². The fourth-order valence-electron chi connectivity index (χ4n) is 4.97. The molecule has 2 saturated heterocycles. The number of nitro benzene ring substituents is 1. The van der Waals surface area contributed by atoms with E-state index < -0.39 is 4.92 Å². The van der Waals surface area contributed by atoms with Crippen LogP contribution < -0.4 is 10.2 Å². The van der Waals surface area contributed by atoms with E-state index in [9.17, 15) is 19.7 Å². The number of nitrogens with one attached hydrogen (secondary N) is 1. The largest absolute Gasteiger partial charge is 0.378 e. The van der Waals surface area contributed by atoms with Crippen LogP contribution in [0, 0.1) is 22.0 Å². The molecule has 1 aromatic rings. The van der Waals surface area contributed by atoms with E-state index in [1.807, 2.05) is 18.7 Å². The summed E-state index contributed by atoms with van der Waals surface area (Å²) >= 11 is 0. The number of morpholine rings is 1. The number of non-ortho nitro benzene ring substituents is 1. The molecule has 0 aromatic heterocycles. The van der Waals surface area contributed by atoms with Gasteiger partial charge in [0.05, 0.1) is 36.6 Å². The molecule has 0 radical (unpaired) electrons. The highest BCUT2D eigenvalue weighted by atomic mass is 16.6. The number of anilines is 1. The molecule has 2 unspecified atom stereocenters. The van der Waals surface area contributed by atoms with Crippen LogP contribution in [-0.4, -0.2) is 91.6 Å². The van der Waals surface area contributed by atoms with E-state index in [0.29, 0.717) is 71.4 Å². The van der Waals surface area contributed by atoms with Crippen LogP contribution in [0.3, 0.4) is 0 Å². The molecule has 1 aromatic carbocycles. The second-order valence-corrected chi connectivity index (χ2v) is 9.51. The Balaban J connectivity index is 1.53. The number of ether oxygens (including phenoxy) is 1. The predicted octanol–water partition coefficient (Wildman–Crippen LogP) is 0.889. The molecule has 1 N–H and O–H groups in total. The minimum atomic E-state index is -0.393. The monoisotopic (exact) mass is 459 g/mol. The van der Waals surface area contributed by atoms with E-state index in [4.69, 9.17) is 4.74 Å². The van der Waals surface area contributed by atoms with Crippen molar-refractivity contribution in [1.82, 2.24) is 15.1 Å². The standard InChI is InChI=1S/C23H33N5O5/c1-16(2)13-24-23(30)19-12-17-11-18(28(31)32)3-4-20(17)27-6-5-25(14-21(19)27)15-22(29)26-7-9-33-10-8-26/h3-4,11,16,19,21H,5-10,12-15H2,1-2H3,(H,24,30). The molecule has 2 amide bonds. The SMILES string of the molecule is CC(C)CNC(=O)C1Cc2cc([N+](=O)[O-])ccc2N2CCN(CC(=O)N3CCOCC3)CC12. The zero-order chi connectivity index (χ0) is 23.5. The molecule has 0 saturated carbocycles. The van der Waals surface area contributed by atoms with Crippen molar-refractivity contribution < 1.29 is 19.2 Å². The topological polar surface area (TPSA) is 108 Å². The molecule has 10 nitrogen and oxygen atoms in total. The number of carbonyl (C=O) groups is 2. The van der Waals surface area contributed by atoms with Gasteiger partial charge in [-0.25, -0.2) is 0 Å². The summed E-state index contributed by atoms with van der Waals surface area (Å²) in [7, 11) is 0. The first kappa shape index (κ1) is 23.4. The number of nitro groups is 1. The van der Waals surface area contributed by atoms with Crippen LogP contribution >= 0.6 is 0 Å². The summed E-state index contributed by atoms with van der Waals surface area (Å²) in [5, 5.41) is 14.4. The third kappa shape index (κ3) is 5.27. The summed E-state index contributed by atoms with van der Waals surface area (Å²) < 4.78 is 5.35. The van der Waals surface area contributed by atoms with Gasteiger partial charge in [-0.05, 0) is 24.0 Å². The van der Waals surface area contributed by atoms with Crippen LogP contribution in [0.1, 0.15) is 19.4 Å². The number of nitrogens with zero attached hydrogens (tertiary/aromatic N) is 4. The Kier molecular flexibility index (Phi) is 7.14. The quantitative estimate of drug-likeness (QED) is 0.497. The Morgan fingerprint density at radius 2 is 1.97 bits per heavy atom. The van der Waals surface area contributed by atoms with Crippen molar-refractivity contribution in [2.45, 2.75) is 26.3 Å². The van der Waals surface area contributed by atoms with Gasteiger partial charge < -0.3 is 19.9 Å². The normalized spacial score (nSPS) is 23.1. The van der Waals surface area contributed by atoms with Gasteiger partial charge >= 0.3 is 0 Å². The van der Waals surface area contributed by atoms with E-state index in [0.717, 1.165) is 11.3 Å². The van der Waals surface area contributed by atoms with Gasteiger partial charge in [-0.15, -0.1) is 0 Å². The molecule has 33 heavy (non-hydrogen) atoms. The third-order valence-electron chi connectivity index (χ3n) is 6.73. The van der Waals surface area contributed by atoms with E-state index in [1.54, 1.807) is 12.1 Å². The highest BCUT2D eigenvalue weighted by Crippen LogP contribution is 2.38. The van der Waals surface area contributed by atoms with Crippen LogP contribution in [0.5, 0.6) is 0 Å². The van der Waals surface area contributed by atoms with Gasteiger partial charge in [0.25, 0.3) is 5.69 Å². The average molecular weight is 460 g/mol. The lowest BCUT2D eigenvalue weighted by Gasteiger charge is -2.49. The number of benzene rings is 1. The molecular weight excluding hydrogens is 426 g/mol. The van der Waals surface area contributed by atoms with E-state index in [2.05, 4.69) is 15.1 Å². The van der Waals surface area contributed by atoms with Gasteiger partial charge in [-0.3, -0.25) is 24.6 Å². The molecular formula is C23H33N5O5. The molecule has 4 rings (SSSR count). The van der Waals surface area contributed by atoms with E-state index >= 15 is 0 Å². The second kappa shape index (κ2) is 10.0. The lowest BCUT2D eigenvalue weighted by atomic mass is 9.83. The average Bonchev–Trinajstić information content (AvgIpc) is 2.82. The third-order valence-corrected chi connectivity index (χ3v) is 6.73. The van der Waals surface area contributed by atoms with Crippen molar-refractivity contribution in [2.75, 3.05) is 63.9 Å². The maximum Gasteiger partial charge on any atom is 0.269 e. The fraction of sp³-hybridized carbons (Fsp3) is 0.652. The van der Waals surface area contributed by atoms with Gasteiger partial charge in [-0.1, -0.05) is 13.8 Å². The summed E-state index contributed by atoms with van der Waals surface area (Å²) in [6, 6.07) is 4.85. The van der Waals surface area contributed by atoms with Crippen molar-refractivity contribution in [3.63, 3.8) is 0 Å². The molecule has 2 atom stereocenters.